The minimum atomic E-state index is -4.61. The van der Waals surface area contributed by atoms with Gasteiger partial charge in [0.25, 0.3) is 5.91 Å². The number of alkyl halides is 2. The Bertz CT molecular complexity index is 597. The van der Waals surface area contributed by atoms with Gasteiger partial charge in [-0.15, -0.1) is 0 Å². The third-order valence-corrected chi connectivity index (χ3v) is 2.60. The van der Waals surface area contributed by atoms with Crippen molar-refractivity contribution in [2.75, 3.05) is 0 Å². The highest BCUT2D eigenvalue weighted by Gasteiger charge is 2.40. The van der Waals surface area contributed by atoms with E-state index in [1.165, 1.54) is 0 Å². The lowest BCUT2D eigenvalue weighted by molar-refractivity contribution is -0.281. The fourth-order valence-electron chi connectivity index (χ4n) is 1.38. The van der Waals surface area contributed by atoms with Crippen LogP contribution in [0.2, 0.25) is 0 Å². The van der Waals surface area contributed by atoms with Crippen LogP contribution in [0.5, 0.6) is 0 Å². The second-order valence-corrected chi connectivity index (χ2v) is 4.22. The number of aliphatic hydroxyl groups excluding tert-OH is 2. The molecule has 1 amide bonds. The average Bonchev–Trinajstić information content (AvgIpc) is 2.49. The number of aliphatic hydroxyl groups is 2. The zero-order chi connectivity index (χ0) is 17.8. The van der Waals surface area contributed by atoms with E-state index in [1.54, 1.807) is 0 Å². The van der Waals surface area contributed by atoms with Crippen LogP contribution in [0.4, 0.5) is 22.0 Å². The highest BCUT2D eigenvalue weighted by atomic mass is 19.3. The summed E-state index contributed by atoms with van der Waals surface area (Å²) in [5.41, 5.74) is -0.685. The summed E-state index contributed by atoms with van der Waals surface area (Å²) in [5.74, 6) is -7.77. The van der Waals surface area contributed by atoms with E-state index in [2.05, 4.69) is 4.84 Å². The van der Waals surface area contributed by atoms with E-state index in [0.717, 1.165) is 5.48 Å². The van der Waals surface area contributed by atoms with Crippen LogP contribution < -0.4 is 5.48 Å². The number of benzene rings is 1. The fourth-order valence-corrected chi connectivity index (χ4v) is 1.38. The van der Waals surface area contributed by atoms with Gasteiger partial charge in [0.2, 0.25) is 0 Å². The topological polar surface area (TPSA) is 95.9 Å². The van der Waals surface area contributed by atoms with E-state index in [9.17, 15) is 36.6 Å². The molecule has 0 spiro atoms. The maximum Gasteiger partial charge on any atom is 0.405 e. The number of hydroxylamine groups is 1. The van der Waals surface area contributed by atoms with Gasteiger partial charge >= 0.3 is 6.11 Å². The van der Waals surface area contributed by atoms with Crippen molar-refractivity contribution in [3.63, 3.8) is 0 Å². The molecule has 0 unspecified atom stereocenters. The molecule has 0 radical (unpaired) electrons. The molecule has 6 nitrogen and oxygen atoms in total. The Balaban J connectivity index is 2.82. The first kappa shape index (κ1) is 18.9. The van der Waals surface area contributed by atoms with E-state index in [1.807, 2.05) is 0 Å². The van der Waals surface area contributed by atoms with Gasteiger partial charge in [-0.3, -0.25) is 4.79 Å². The summed E-state index contributed by atoms with van der Waals surface area (Å²) < 4.78 is 65.9. The van der Waals surface area contributed by atoms with Gasteiger partial charge < -0.3 is 15.0 Å². The summed E-state index contributed by atoms with van der Waals surface area (Å²) in [6.45, 7) is 0. The van der Waals surface area contributed by atoms with Crippen molar-refractivity contribution in [3.8, 4) is 0 Å². The normalized spacial score (nSPS) is 14.2. The SMILES string of the molecule is O=CC[C@H](O)[C@H](O)C(=O)NOC(F)(F)c1ccc(F)c(F)c1F. The molecule has 0 aliphatic carbocycles. The Morgan fingerprint density at radius 1 is 1.26 bits per heavy atom. The highest BCUT2D eigenvalue weighted by molar-refractivity contribution is 5.80. The Hall–Kier alpha value is -2.11. The van der Waals surface area contributed by atoms with E-state index in [0.29, 0.717) is 0 Å². The molecule has 1 rings (SSSR count). The molecule has 0 aliphatic rings. The molecule has 0 aliphatic heterocycles. The van der Waals surface area contributed by atoms with Gasteiger partial charge in [0.1, 0.15) is 6.29 Å². The number of amides is 1. The lowest BCUT2D eigenvalue weighted by Gasteiger charge is -2.20. The average molecular weight is 343 g/mol. The van der Waals surface area contributed by atoms with Gasteiger partial charge in [-0.05, 0) is 12.1 Å². The summed E-state index contributed by atoms with van der Waals surface area (Å²) in [6, 6.07) is 0.410. The van der Waals surface area contributed by atoms with Gasteiger partial charge in [0, 0.05) is 6.42 Å². The minimum absolute atomic E-state index is 0.160. The first-order chi connectivity index (χ1) is 10.6. The molecule has 1 aromatic rings. The number of halogens is 5. The van der Waals surface area contributed by atoms with Crippen molar-refractivity contribution in [1.29, 1.82) is 0 Å². The predicted octanol–water partition coefficient (Wildman–Crippen LogP) is 0.512. The Morgan fingerprint density at radius 2 is 1.87 bits per heavy atom. The molecule has 0 aromatic heterocycles. The zero-order valence-corrected chi connectivity index (χ0v) is 11.1. The molecule has 23 heavy (non-hydrogen) atoms. The molecule has 11 heteroatoms. The van der Waals surface area contributed by atoms with Crippen LogP contribution in [0, 0.1) is 17.5 Å². The second kappa shape index (κ2) is 7.44. The van der Waals surface area contributed by atoms with Crippen LogP contribution in [-0.4, -0.2) is 34.6 Å². The van der Waals surface area contributed by atoms with E-state index in [4.69, 9.17) is 5.11 Å². The van der Waals surface area contributed by atoms with Crippen LogP contribution in [0.15, 0.2) is 12.1 Å². The van der Waals surface area contributed by atoms with Crippen LogP contribution in [-0.2, 0) is 20.5 Å². The molecule has 0 bridgehead atoms. The molecular weight excluding hydrogens is 333 g/mol. The van der Waals surface area contributed by atoms with Crippen LogP contribution in [0.1, 0.15) is 12.0 Å². The summed E-state index contributed by atoms with van der Waals surface area (Å²) in [7, 11) is 0. The molecule has 1 aromatic carbocycles. The van der Waals surface area contributed by atoms with E-state index in [-0.39, 0.29) is 18.4 Å². The van der Waals surface area contributed by atoms with Crippen molar-refractivity contribution in [3.05, 3.63) is 35.1 Å². The van der Waals surface area contributed by atoms with Gasteiger partial charge in [-0.1, -0.05) is 0 Å². The Morgan fingerprint density at radius 3 is 2.43 bits per heavy atom. The highest BCUT2D eigenvalue weighted by Crippen LogP contribution is 2.32. The largest absolute Gasteiger partial charge is 0.405 e. The van der Waals surface area contributed by atoms with Crippen molar-refractivity contribution in [2.45, 2.75) is 24.7 Å². The maximum absolute atomic E-state index is 13.5. The van der Waals surface area contributed by atoms with Crippen molar-refractivity contribution in [1.82, 2.24) is 5.48 Å². The Labute approximate surface area is 125 Å². The number of aldehydes is 1. The molecule has 128 valence electrons. The molecule has 2 atom stereocenters. The summed E-state index contributed by atoms with van der Waals surface area (Å²) in [4.78, 5) is 24.9. The molecule has 3 N–H and O–H groups in total. The van der Waals surface area contributed by atoms with Gasteiger partial charge in [-0.2, -0.15) is 13.6 Å². The third-order valence-electron chi connectivity index (χ3n) is 2.60. The molecule has 0 saturated heterocycles. The van der Waals surface area contributed by atoms with Crippen molar-refractivity contribution < 1.29 is 46.6 Å². The molecule has 0 saturated carbocycles. The van der Waals surface area contributed by atoms with E-state index >= 15 is 0 Å². The van der Waals surface area contributed by atoms with Gasteiger partial charge in [0.15, 0.2) is 23.6 Å². The maximum atomic E-state index is 13.5. The van der Waals surface area contributed by atoms with Crippen molar-refractivity contribution >= 4 is 12.2 Å². The molecule has 0 heterocycles. The fraction of sp³-hybridized carbons (Fsp3) is 0.333. The Kier molecular flexibility index (Phi) is 6.12. The van der Waals surface area contributed by atoms with Gasteiger partial charge in [0.05, 0.1) is 11.7 Å². The van der Waals surface area contributed by atoms with Crippen LogP contribution in [0.25, 0.3) is 0 Å². The number of carbonyl (C=O) groups excluding carboxylic acids is 2. The minimum Gasteiger partial charge on any atom is -0.389 e. The predicted molar refractivity (Wildman–Crippen MR) is 62.1 cm³/mol. The summed E-state index contributed by atoms with van der Waals surface area (Å²) >= 11 is 0. The van der Waals surface area contributed by atoms with Gasteiger partial charge in [-0.25, -0.2) is 18.7 Å². The second-order valence-electron chi connectivity index (χ2n) is 4.22. The molecular formula is C12H10F5NO5. The number of hydrogen-bond acceptors (Lipinski definition) is 5. The number of rotatable bonds is 7. The lowest BCUT2D eigenvalue weighted by atomic mass is 10.1. The smallest absolute Gasteiger partial charge is 0.389 e. The zero-order valence-electron chi connectivity index (χ0n) is 11.1. The first-order valence-electron chi connectivity index (χ1n) is 5.91. The quantitative estimate of drug-likeness (QED) is 0.290. The molecule has 0 fully saturated rings. The lowest BCUT2D eigenvalue weighted by Crippen LogP contribution is -2.44. The van der Waals surface area contributed by atoms with E-state index < -0.39 is 53.7 Å². The van der Waals surface area contributed by atoms with Crippen molar-refractivity contribution in [2.24, 2.45) is 0 Å². The summed E-state index contributed by atoms with van der Waals surface area (Å²) in [5, 5.41) is 18.3. The number of carbonyl (C=O) groups is 2. The van der Waals surface area contributed by atoms with Crippen LogP contribution in [0.3, 0.4) is 0 Å². The monoisotopic (exact) mass is 343 g/mol. The van der Waals surface area contributed by atoms with Crippen LogP contribution >= 0.6 is 0 Å². The summed E-state index contributed by atoms with van der Waals surface area (Å²) in [6.07, 6.45) is -9.28. The first-order valence-corrected chi connectivity index (χ1v) is 5.91. The number of hydrogen-bond donors (Lipinski definition) is 3. The number of nitrogens with one attached hydrogen (secondary N) is 1. The standard InChI is InChI=1S/C12H10F5NO5/c13-6-2-1-5(8(14)9(6)15)12(16,17)23-18-11(22)10(21)7(20)3-4-19/h1-2,4,7,10,20-21H,3H2,(H,18,22)/t7-,10-/m0/s1. The third kappa shape index (κ3) is 4.43.